The van der Waals surface area contributed by atoms with E-state index in [-0.39, 0.29) is 16.0 Å². The van der Waals surface area contributed by atoms with Gasteiger partial charge in [-0.25, -0.2) is 0 Å². The average molecular weight is 292 g/mol. The second kappa shape index (κ2) is 4.45. The minimum atomic E-state index is -0.356. The number of benzene rings is 1. The third-order valence-corrected chi connectivity index (χ3v) is 6.24. The molecule has 0 saturated heterocycles. The number of alkyl halides is 1. The first kappa shape index (κ1) is 12.6. The van der Waals surface area contributed by atoms with E-state index in [9.17, 15) is 10.1 Å². The molecule has 4 rings (SSSR count). The smallest absolute Gasteiger partial charge is 0.258 e. The predicted molar refractivity (Wildman–Crippen MR) is 77.7 cm³/mol. The van der Waals surface area contributed by atoms with E-state index in [1.807, 2.05) is 12.1 Å². The van der Waals surface area contributed by atoms with Gasteiger partial charge in [-0.2, -0.15) is 0 Å². The summed E-state index contributed by atoms with van der Waals surface area (Å²) in [4.78, 5) is 10.3. The molecule has 3 saturated carbocycles. The van der Waals surface area contributed by atoms with Gasteiger partial charge < -0.3 is 0 Å². The third kappa shape index (κ3) is 1.86. The molecule has 1 aromatic rings. The number of non-ortho nitro benzene ring substituents is 1. The Morgan fingerprint density at radius 2 is 1.80 bits per heavy atom. The maximum absolute atomic E-state index is 10.6. The lowest BCUT2D eigenvalue weighted by Gasteiger charge is -2.14. The van der Waals surface area contributed by atoms with Gasteiger partial charge in [0.1, 0.15) is 0 Å². The molecule has 106 valence electrons. The molecule has 3 aliphatic rings. The Kier molecular flexibility index (Phi) is 2.81. The van der Waals surface area contributed by atoms with E-state index >= 15 is 0 Å². The molecule has 0 radical (unpaired) electrons. The lowest BCUT2D eigenvalue weighted by Crippen LogP contribution is -2.13. The van der Waals surface area contributed by atoms with Crippen LogP contribution < -0.4 is 0 Å². The van der Waals surface area contributed by atoms with Crippen LogP contribution in [0.2, 0.25) is 0 Å². The molecule has 5 atom stereocenters. The van der Waals surface area contributed by atoms with Crippen molar-refractivity contribution in [3.05, 3.63) is 39.9 Å². The van der Waals surface area contributed by atoms with Gasteiger partial charge in [-0.05, 0) is 60.8 Å². The van der Waals surface area contributed by atoms with E-state index in [2.05, 4.69) is 0 Å². The maximum atomic E-state index is 10.6. The second-order valence-corrected chi connectivity index (χ2v) is 7.27. The largest absolute Gasteiger partial charge is 0.269 e. The summed E-state index contributed by atoms with van der Waals surface area (Å²) in [5.41, 5.74) is 1.27. The van der Waals surface area contributed by atoms with E-state index in [0.717, 1.165) is 35.7 Å². The highest BCUT2D eigenvalue weighted by atomic mass is 35.5. The van der Waals surface area contributed by atoms with E-state index in [0.29, 0.717) is 5.92 Å². The number of fused-ring (bicyclic) bond motifs is 5. The molecule has 0 heterocycles. The molecule has 0 amide bonds. The second-order valence-electron chi connectivity index (χ2n) is 6.71. The van der Waals surface area contributed by atoms with E-state index in [1.54, 1.807) is 12.1 Å². The van der Waals surface area contributed by atoms with Crippen LogP contribution in [-0.4, -0.2) is 10.3 Å². The Hall–Kier alpha value is -1.09. The first-order chi connectivity index (χ1) is 9.65. The Labute approximate surface area is 123 Å². The lowest BCUT2D eigenvalue weighted by atomic mass is 9.97. The number of hydrogen-bond acceptors (Lipinski definition) is 2. The number of rotatable bonds is 4. The van der Waals surface area contributed by atoms with Crippen molar-refractivity contribution in [1.82, 2.24) is 0 Å². The van der Waals surface area contributed by atoms with Crippen molar-refractivity contribution in [2.45, 2.75) is 31.1 Å². The number of nitro benzene ring substituents is 1. The van der Waals surface area contributed by atoms with Gasteiger partial charge in [0.05, 0.1) is 4.92 Å². The van der Waals surface area contributed by atoms with E-state index < -0.39 is 0 Å². The number of halogens is 1. The van der Waals surface area contributed by atoms with Crippen LogP contribution in [0.3, 0.4) is 0 Å². The Balaban J connectivity index is 1.41. The molecule has 3 fully saturated rings. The van der Waals surface area contributed by atoms with Crippen LogP contribution in [0.5, 0.6) is 0 Å². The zero-order valence-corrected chi connectivity index (χ0v) is 12.0. The van der Waals surface area contributed by atoms with Gasteiger partial charge >= 0.3 is 0 Å². The van der Waals surface area contributed by atoms with E-state index in [1.165, 1.54) is 19.3 Å². The minimum absolute atomic E-state index is 0.154. The quantitative estimate of drug-likeness (QED) is 0.477. The standard InChI is InChI=1S/C16H18ClNO2/c17-13(7-9-1-5-12(6-2-9)18(19)20)16-14-10-3-4-11(8-10)15(14)16/h1-2,5-6,10-11,13-16H,3-4,7-8H2. The summed E-state index contributed by atoms with van der Waals surface area (Å²) >= 11 is 6.64. The monoisotopic (exact) mass is 291 g/mol. The first-order valence-electron chi connectivity index (χ1n) is 7.52. The molecule has 0 aromatic heterocycles. The summed E-state index contributed by atoms with van der Waals surface area (Å²) in [6, 6.07) is 6.85. The van der Waals surface area contributed by atoms with Crippen molar-refractivity contribution in [2.75, 3.05) is 0 Å². The normalized spacial score (nSPS) is 38.5. The minimum Gasteiger partial charge on any atom is -0.258 e. The third-order valence-electron chi connectivity index (χ3n) is 5.79. The molecule has 0 N–H and O–H groups in total. The Morgan fingerprint density at radius 1 is 1.20 bits per heavy atom. The fourth-order valence-electron chi connectivity index (χ4n) is 4.99. The van der Waals surface area contributed by atoms with Crippen LogP contribution in [-0.2, 0) is 6.42 Å². The van der Waals surface area contributed by atoms with Crippen LogP contribution >= 0.6 is 11.6 Å². The van der Waals surface area contributed by atoms with Crippen LogP contribution in [0.25, 0.3) is 0 Å². The van der Waals surface area contributed by atoms with Gasteiger partial charge in [0.15, 0.2) is 0 Å². The zero-order chi connectivity index (χ0) is 13.9. The van der Waals surface area contributed by atoms with Crippen LogP contribution in [0.1, 0.15) is 24.8 Å². The highest BCUT2D eigenvalue weighted by molar-refractivity contribution is 6.21. The van der Waals surface area contributed by atoms with Crippen LogP contribution in [0.15, 0.2) is 24.3 Å². The lowest BCUT2D eigenvalue weighted by molar-refractivity contribution is -0.384. The predicted octanol–water partition coefficient (Wildman–Crippen LogP) is 4.04. The van der Waals surface area contributed by atoms with Gasteiger partial charge in [0.25, 0.3) is 5.69 Å². The summed E-state index contributed by atoms with van der Waals surface area (Å²) in [6.07, 6.45) is 5.14. The summed E-state index contributed by atoms with van der Waals surface area (Å²) in [7, 11) is 0. The van der Waals surface area contributed by atoms with E-state index in [4.69, 9.17) is 11.6 Å². The summed E-state index contributed by atoms with van der Waals surface area (Å²) < 4.78 is 0. The molecule has 3 aliphatic carbocycles. The summed E-state index contributed by atoms with van der Waals surface area (Å²) in [6.45, 7) is 0. The SMILES string of the molecule is O=[N+]([O-])c1ccc(CC(Cl)C2C3C4CCC(C4)C23)cc1. The van der Waals surface area contributed by atoms with Gasteiger partial charge in [0.2, 0.25) is 0 Å². The molecular formula is C16H18ClNO2. The Morgan fingerprint density at radius 3 is 2.35 bits per heavy atom. The van der Waals surface area contributed by atoms with Gasteiger partial charge in [-0.15, -0.1) is 11.6 Å². The highest BCUT2D eigenvalue weighted by Gasteiger charge is 2.66. The van der Waals surface area contributed by atoms with Crippen molar-refractivity contribution in [2.24, 2.45) is 29.6 Å². The molecule has 5 unspecified atom stereocenters. The topological polar surface area (TPSA) is 43.1 Å². The number of hydrogen-bond donors (Lipinski definition) is 0. The fraction of sp³-hybridized carbons (Fsp3) is 0.625. The summed E-state index contributed by atoms with van der Waals surface area (Å²) in [5.74, 6) is 4.41. The zero-order valence-electron chi connectivity index (χ0n) is 11.2. The number of nitrogens with zero attached hydrogens (tertiary/aromatic N) is 1. The number of nitro groups is 1. The summed E-state index contributed by atoms with van der Waals surface area (Å²) in [5, 5.41) is 10.8. The molecule has 1 aromatic carbocycles. The average Bonchev–Trinajstić information content (AvgIpc) is 2.89. The maximum Gasteiger partial charge on any atom is 0.269 e. The molecule has 4 heteroatoms. The van der Waals surface area contributed by atoms with Crippen molar-refractivity contribution in [3.63, 3.8) is 0 Å². The van der Waals surface area contributed by atoms with Gasteiger partial charge in [-0.1, -0.05) is 12.1 Å². The molecule has 2 bridgehead atoms. The van der Waals surface area contributed by atoms with Gasteiger partial charge in [0, 0.05) is 17.5 Å². The molecule has 0 aliphatic heterocycles. The van der Waals surface area contributed by atoms with Crippen molar-refractivity contribution in [3.8, 4) is 0 Å². The van der Waals surface area contributed by atoms with Crippen molar-refractivity contribution in [1.29, 1.82) is 0 Å². The molecule has 20 heavy (non-hydrogen) atoms. The first-order valence-corrected chi connectivity index (χ1v) is 7.96. The molecular weight excluding hydrogens is 274 g/mol. The van der Waals surface area contributed by atoms with Crippen LogP contribution in [0.4, 0.5) is 5.69 Å². The molecule has 3 nitrogen and oxygen atoms in total. The van der Waals surface area contributed by atoms with Crippen molar-refractivity contribution >= 4 is 17.3 Å². The molecule has 0 spiro atoms. The van der Waals surface area contributed by atoms with Gasteiger partial charge in [-0.3, -0.25) is 10.1 Å². The van der Waals surface area contributed by atoms with Crippen molar-refractivity contribution < 1.29 is 4.92 Å². The Bertz CT molecular complexity index is 528. The highest BCUT2D eigenvalue weighted by Crippen LogP contribution is 2.71. The fourth-order valence-corrected chi connectivity index (χ4v) is 5.51. The van der Waals surface area contributed by atoms with Crippen LogP contribution in [0, 0.1) is 39.7 Å².